The van der Waals surface area contributed by atoms with Crippen LogP contribution in [0.15, 0.2) is 24.3 Å². The van der Waals surface area contributed by atoms with Crippen LogP contribution < -0.4 is 0 Å². The third-order valence-corrected chi connectivity index (χ3v) is 9.21. The number of nitrogens with zero attached hydrogens (tertiary/aromatic N) is 2. The summed E-state index contributed by atoms with van der Waals surface area (Å²) in [6.45, 7) is 3.69. The molecule has 1 aromatic rings. The average molecular weight is 397 g/mol. The highest BCUT2D eigenvalue weighted by Crippen LogP contribution is 2.66. The molecule has 4 bridgehead atoms. The first-order valence-electron chi connectivity index (χ1n) is 10.9. The lowest BCUT2D eigenvalue weighted by atomic mass is 9.41. The molecule has 28 heavy (non-hydrogen) atoms. The molecule has 0 unspecified atom stereocenters. The Hall–Kier alpha value is -1.53. The topological polar surface area (TPSA) is 44.1 Å². The van der Waals surface area contributed by atoms with E-state index >= 15 is 0 Å². The van der Waals surface area contributed by atoms with Gasteiger partial charge in [0.25, 0.3) is 0 Å². The van der Waals surface area contributed by atoms with Crippen LogP contribution in [-0.4, -0.2) is 23.9 Å². The Bertz CT molecular complexity index is 792. The third kappa shape index (κ3) is 2.79. The minimum absolute atomic E-state index is 0.0304. The van der Waals surface area contributed by atoms with Gasteiger partial charge in [-0.3, -0.25) is 4.79 Å². The van der Waals surface area contributed by atoms with Gasteiger partial charge in [-0.25, -0.2) is 0 Å². The number of benzene rings is 1. The Morgan fingerprint density at radius 2 is 1.79 bits per heavy atom. The Morgan fingerprint density at radius 1 is 1.18 bits per heavy atom. The van der Waals surface area contributed by atoms with Crippen molar-refractivity contribution in [1.29, 1.82) is 5.26 Å². The molecule has 0 aromatic heterocycles. The van der Waals surface area contributed by atoms with Crippen LogP contribution in [0.4, 0.5) is 0 Å². The fourth-order valence-electron chi connectivity index (χ4n) is 7.16. The summed E-state index contributed by atoms with van der Waals surface area (Å²) in [5.41, 5.74) is 1.25. The molecule has 5 fully saturated rings. The standard InChI is InChI=1S/C24H29ClN2O/c1-15-18-6-20-8-19(15)9-21(7-18)24(20,10-17-4-2-3-5-22(17)25)11-23(28)27-13-16(12-26)14-27/h2-5,15-16,18-21H,6-11,13-14H2,1H3. The van der Waals surface area contributed by atoms with Crippen LogP contribution in [-0.2, 0) is 11.2 Å². The van der Waals surface area contributed by atoms with Crippen molar-refractivity contribution in [2.75, 3.05) is 13.1 Å². The number of hydrogen-bond acceptors (Lipinski definition) is 2. The van der Waals surface area contributed by atoms with Crippen molar-refractivity contribution in [3.05, 3.63) is 34.9 Å². The summed E-state index contributed by atoms with van der Waals surface area (Å²) in [7, 11) is 0. The smallest absolute Gasteiger partial charge is 0.223 e. The summed E-state index contributed by atoms with van der Waals surface area (Å²) >= 11 is 6.57. The minimum Gasteiger partial charge on any atom is -0.340 e. The summed E-state index contributed by atoms with van der Waals surface area (Å²) in [4.78, 5) is 15.1. The Balaban J connectivity index is 1.45. The van der Waals surface area contributed by atoms with Crippen LogP contribution in [0.2, 0.25) is 5.02 Å². The lowest BCUT2D eigenvalue weighted by molar-refractivity contribution is -0.161. The molecule has 4 heteroatoms. The second-order valence-corrected chi connectivity index (χ2v) is 10.4. The van der Waals surface area contributed by atoms with Crippen molar-refractivity contribution in [2.24, 2.45) is 40.9 Å². The first kappa shape index (κ1) is 18.5. The van der Waals surface area contributed by atoms with Gasteiger partial charge in [-0.15, -0.1) is 0 Å². The van der Waals surface area contributed by atoms with Crippen LogP contribution in [0.5, 0.6) is 0 Å². The largest absolute Gasteiger partial charge is 0.340 e. The fourth-order valence-corrected chi connectivity index (χ4v) is 7.36. The average Bonchev–Trinajstić information content (AvgIpc) is 2.61. The molecule has 0 atom stereocenters. The first-order chi connectivity index (χ1) is 13.5. The highest BCUT2D eigenvalue weighted by atomic mass is 35.5. The quantitative estimate of drug-likeness (QED) is 0.723. The van der Waals surface area contributed by atoms with Crippen molar-refractivity contribution in [1.82, 2.24) is 4.90 Å². The number of amides is 1. The van der Waals surface area contributed by atoms with Crippen molar-refractivity contribution in [2.45, 2.75) is 45.4 Å². The van der Waals surface area contributed by atoms with Crippen molar-refractivity contribution in [3.63, 3.8) is 0 Å². The van der Waals surface area contributed by atoms with Crippen LogP contribution in [0, 0.1) is 52.3 Å². The number of hydrogen-bond donors (Lipinski definition) is 0. The molecule has 4 saturated carbocycles. The molecule has 0 radical (unpaired) electrons. The number of nitriles is 1. The van der Waals surface area contributed by atoms with E-state index in [0.717, 1.165) is 29.2 Å². The van der Waals surface area contributed by atoms with E-state index < -0.39 is 0 Å². The SMILES string of the molecule is CC1C2CC3CC1CC(C2)C3(CC(=O)N1CC(C#N)C1)Cc1ccccc1Cl. The highest BCUT2D eigenvalue weighted by Gasteiger charge is 2.59. The van der Waals surface area contributed by atoms with E-state index in [2.05, 4.69) is 25.1 Å². The van der Waals surface area contributed by atoms with Gasteiger partial charge < -0.3 is 4.90 Å². The molecule has 5 aliphatic rings. The lowest BCUT2D eigenvalue weighted by Gasteiger charge is -2.64. The zero-order chi connectivity index (χ0) is 19.5. The van der Waals surface area contributed by atoms with Gasteiger partial charge in [0, 0.05) is 24.5 Å². The maximum atomic E-state index is 13.2. The first-order valence-corrected chi connectivity index (χ1v) is 11.3. The zero-order valence-corrected chi connectivity index (χ0v) is 17.4. The van der Waals surface area contributed by atoms with Gasteiger partial charge in [-0.1, -0.05) is 36.7 Å². The Kier molecular flexibility index (Phi) is 4.47. The number of carbonyl (C=O) groups excluding carboxylic acids is 1. The van der Waals surface area contributed by atoms with E-state index in [1.54, 1.807) is 0 Å². The highest BCUT2D eigenvalue weighted by molar-refractivity contribution is 6.31. The molecule has 1 amide bonds. The molecule has 6 rings (SSSR count). The normalized spacial score (nSPS) is 38.9. The molecule has 148 valence electrons. The van der Waals surface area contributed by atoms with Gasteiger partial charge in [0.2, 0.25) is 5.91 Å². The Morgan fingerprint density at radius 3 is 2.36 bits per heavy atom. The fraction of sp³-hybridized carbons (Fsp3) is 0.667. The van der Waals surface area contributed by atoms with E-state index in [0.29, 0.717) is 31.3 Å². The maximum absolute atomic E-state index is 13.2. The number of halogens is 1. The van der Waals surface area contributed by atoms with Crippen molar-refractivity contribution < 1.29 is 4.79 Å². The van der Waals surface area contributed by atoms with Crippen LogP contribution in [0.25, 0.3) is 0 Å². The van der Waals surface area contributed by atoms with Gasteiger partial charge in [0.15, 0.2) is 0 Å². The molecule has 3 nitrogen and oxygen atoms in total. The minimum atomic E-state index is 0.0304. The summed E-state index contributed by atoms with van der Waals surface area (Å²) in [6.07, 6.45) is 6.70. The molecule has 0 spiro atoms. The molecule has 4 aliphatic carbocycles. The van der Waals surface area contributed by atoms with Gasteiger partial charge in [0.1, 0.15) is 0 Å². The Labute approximate surface area is 173 Å². The number of likely N-dealkylation sites (tertiary alicyclic amines) is 1. The van der Waals surface area contributed by atoms with Gasteiger partial charge in [-0.2, -0.15) is 5.26 Å². The predicted octanol–water partition coefficient (Wildman–Crippen LogP) is 4.94. The van der Waals surface area contributed by atoms with Crippen LogP contribution >= 0.6 is 11.6 Å². The molecular weight excluding hydrogens is 368 g/mol. The second kappa shape index (κ2) is 6.77. The van der Waals surface area contributed by atoms with Gasteiger partial charge >= 0.3 is 0 Å². The van der Waals surface area contributed by atoms with Gasteiger partial charge in [-0.05, 0) is 78.7 Å². The van der Waals surface area contributed by atoms with Crippen LogP contribution in [0.3, 0.4) is 0 Å². The summed E-state index contributed by atoms with van der Waals surface area (Å²) in [5, 5.41) is 9.91. The number of rotatable bonds is 4. The number of carbonyl (C=O) groups is 1. The van der Waals surface area contributed by atoms with E-state index in [9.17, 15) is 4.79 Å². The van der Waals surface area contributed by atoms with Gasteiger partial charge in [0.05, 0.1) is 12.0 Å². The third-order valence-electron chi connectivity index (χ3n) is 8.84. The monoisotopic (exact) mass is 396 g/mol. The van der Waals surface area contributed by atoms with E-state index in [1.807, 2.05) is 17.0 Å². The molecule has 1 saturated heterocycles. The molecule has 1 aliphatic heterocycles. The maximum Gasteiger partial charge on any atom is 0.223 e. The van der Waals surface area contributed by atoms with Crippen molar-refractivity contribution in [3.8, 4) is 6.07 Å². The summed E-state index contributed by atoms with van der Waals surface area (Å²) < 4.78 is 0. The van der Waals surface area contributed by atoms with E-state index in [4.69, 9.17) is 16.9 Å². The predicted molar refractivity (Wildman–Crippen MR) is 109 cm³/mol. The zero-order valence-electron chi connectivity index (χ0n) is 16.6. The van der Waals surface area contributed by atoms with Crippen molar-refractivity contribution >= 4 is 17.5 Å². The van der Waals surface area contributed by atoms with Crippen LogP contribution in [0.1, 0.15) is 44.6 Å². The summed E-state index contributed by atoms with van der Waals surface area (Å²) in [5.74, 6) is 4.13. The molecule has 1 heterocycles. The molecule has 0 N–H and O–H groups in total. The lowest BCUT2D eigenvalue weighted by Crippen LogP contribution is -2.59. The van der Waals surface area contributed by atoms with E-state index in [1.165, 1.54) is 31.2 Å². The van der Waals surface area contributed by atoms with E-state index in [-0.39, 0.29) is 17.2 Å². The second-order valence-electron chi connectivity index (χ2n) is 10.0. The summed E-state index contributed by atoms with van der Waals surface area (Å²) in [6, 6.07) is 10.5. The molecular formula is C24H29ClN2O. The molecule has 1 aromatic carbocycles.